The molecule has 0 spiro atoms. The molecule has 1 atom stereocenters. The standard InChI is InChI=1S/C14H31NO3/c1-5-14(12-16,15-13(2)3)8-6-10-18-11-7-9-17-4/h13,15-16H,5-12H2,1-4H3. The number of hydrogen-bond acceptors (Lipinski definition) is 4. The summed E-state index contributed by atoms with van der Waals surface area (Å²) >= 11 is 0. The van der Waals surface area contributed by atoms with E-state index in [4.69, 9.17) is 9.47 Å². The van der Waals surface area contributed by atoms with Crippen LogP contribution in [0.25, 0.3) is 0 Å². The molecular weight excluding hydrogens is 230 g/mol. The van der Waals surface area contributed by atoms with E-state index < -0.39 is 0 Å². The van der Waals surface area contributed by atoms with Crippen molar-refractivity contribution in [1.82, 2.24) is 5.32 Å². The lowest BCUT2D eigenvalue weighted by Gasteiger charge is -2.34. The first-order valence-electron chi connectivity index (χ1n) is 7.05. The van der Waals surface area contributed by atoms with Crippen molar-refractivity contribution in [3.8, 4) is 0 Å². The second-order valence-corrected chi connectivity index (χ2v) is 5.15. The Labute approximate surface area is 112 Å². The third kappa shape index (κ3) is 8.03. The van der Waals surface area contributed by atoms with E-state index in [9.17, 15) is 5.11 Å². The fraction of sp³-hybridized carbons (Fsp3) is 1.00. The van der Waals surface area contributed by atoms with Gasteiger partial charge in [0.25, 0.3) is 0 Å². The monoisotopic (exact) mass is 261 g/mol. The van der Waals surface area contributed by atoms with E-state index in [1.807, 2.05) is 0 Å². The van der Waals surface area contributed by atoms with E-state index in [0.717, 1.165) is 45.5 Å². The molecule has 4 heteroatoms. The van der Waals surface area contributed by atoms with Gasteiger partial charge in [0.1, 0.15) is 0 Å². The normalized spacial score (nSPS) is 15.0. The fourth-order valence-corrected chi connectivity index (χ4v) is 2.12. The molecular formula is C14H31NO3. The molecule has 0 aromatic heterocycles. The molecule has 0 saturated heterocycles. The number of rotatable bonds is 12. The summed E-state index contributed by atoms with van der Waals surface area (Å²) in [4.78, 5) is 0. The molecule has 0 bridgehead atoms. The zero-order chi connectivity index (χ0) is 13.9. The minimum absolute atomic E-state index is 0.149. The molecule has 0 aromatic carbocycles. The molecule has 4 nitrogen and oxygen atoms in total. The first-order chi connectivity index (χ1) is 8.60. The molecule has 1 unspecified atom stereocenters. The van der Waals surface area contributed by atoms with E-state index in [0.29, 0.717) is 6.04 Å². The molecule has 0 fully saturated rings. The number of nitrogens with one attached hydrogen (secondary N) is 1. The Bertz CT molecular complexity index is 182. The van der Waals surface area contributed by atoms with Crippen LogP contribution >= 0.6 is 0 Å². The highest BCUT2D eigenvalue weighted by atomic mass is 16.5. The summed E-state index contributed by atoms with van der Waals surface area (Å²) < 4.78 is 10.5. The van der Waals surface area contributed by atoms with Gasteiger partial charge in [0, 0.05) is 38.5 Å². The molecule has 0 saturated carbocycles. The number of hydrogen-bond donors (Lipinski definition) is 2. The quantitative estimate of drug-likeness (QED) is 0.527. The number of aliphatic hydroxyl groups is 1. The summed E-state index contributed by atoms with van der Waals surface area (Å²) in [7, 11) is 1.70. The number of aliphatic hydroxyl groups excluding tert-OH is 1. The Balaban J connectivity index is 3.76. The summed E-state index contributed by atoms with van der Waals surface area (Å²) in [5.74, 6) is 0. The number of ether oxygens (including phenoxy) is 2. The summed E-state index contributed by atoms with van der Waals surface area (Å²) in [5, 5.41) is 13.1. The summed E-state index contributed by atoms with van der Waals surface area (Å²) in [6.45, 7) is 8.79. The summed E-state index contributed by atoms with van der Waals surface area (Å²) in [6.07, 6.45) is 3.80. The van der Waals surface area contributed by atoms with Crippen molar-refractivity contribution in [1.29, 1.82) is 0 Å². The molecule has 0 radical (unpaired) electrons. The Hall–Kier alpha value is -0.160. The minimum Gasteiger partial charge on any atom is -0.394 e. The van der Waals surface area contributed by atoms with Crippen LogP contribution in [0.4, 0.5) is 0 Å². The lowest BCUT2D eigenvalue weighted by molar-refractivity contribution is 0.0844. The van der Waals surface area contributed by atoms with Crippen LogP contribution in [0.15, 0.2) is 0 Å². The largest absolute Gasteiger partial charge is 0.394 e. The van der Waals surface area contributed by atoms with Crippen molar-refractivity contribution in [2.75, 3.05) is 33.5 Å². The van der Waals surface area contributed by atoms with Crippen LogP contribution in [0.2, 0.25) is 0 Å². The third-order valence-electron chi connectivity index (χ3n) is 3.16. The highest BCUT2D eigenvalue weighted by Crippen LogP contribution is 2.18. The van der Waals surface area contributed by atoms with Gasteiger partial charge in [-0.3, -0.25) is 0 Å². The predicted octanol–water partition coefficient (Wildman–Crippen LogP) is 1.96. The van der Waals surface area contributed by atoms with Gasteiger partial charge in [-0.1, -0.05) is 20.8 Å². The molecule has 0 heterocycles. The second kappa shape index (κ2) is 10.7. The first-order valence-corrected chi connectivity index (χ1v) is 7.05. The molecule has 0 rings (SSSR count). The molecule has 0 aliphatic carbocycles. The average molecular weight is 261 g/mol. The van der Waals surface area contributed by atoms with Gasteiger partial charge in [-0.15, -0.1) is 0 Å². The minimum atomic E-state index is -0.149. The maximum absolute atomic E-state index is 9.58. The van der Waals surface area contributed by atoms with Gasteiger partial charge in [0.05, 0.1) is 6.61 Å². The van der Waals surface area contributed by atoms with Gasteiger partial charge in [-0.2, -0.15) is 0 Å². The predicted molar refractivity (Wildman–Crippen MR) is 74.9 cm³/mol. The molecule has 2 N–H and O–H groups in total. The van der Waals surface area contributed by atoms with Crippen molar-refractivity contribution in [2.45, 2.75) is 58.0 Å². The van der Waals surface area contributed by atoms with Crippen molar-refractivity contribution in [2.24, 2.45) is 0 Å². The van der Waals surface area contributed by atoms with Crippen LogP contribution in [0.1, 0.15) is 46.5 Å². The maximum Gasteiger partial charge on any atom is 0.0613 e. The van der Waals surface area contributed by atoms with Crippen molar-refractivity contribution in [3.63, 3.8) is 0 Å². The van der Waals surface area contributed by atoms with Crippen LogP contribution in [-0.4, -0.2) is 50.2 Å². The first kappa shape index (κ1) is 17.8. The van der Waals surface area contributed by atoms with Crippen molar-refractivity contribution >= 4 is 0 Å². The van der Waals surface area contributed by atoms with E-state index in [-0.39, 0.29) is 12.1 Å². The molecule has 0 aromatic rings. The van der Waals surface area contributed by atoms with Gasteiger partial charge in [-0.25, -0.2) is 0 Å². The molecule has 0 aliphatic rings. The topological polar surface area (TPSA) is 50.7 Å². The van der Waals surface area contributed by atoms with Crippen LogP contribution in [0.3, 0.4) is 0 Å². The van der Waals surface area contributed by atoms with Gasteiger partial charge >= 0.3 is 0 Å². The smallest absolute Gasteiger partial charge is 0.0613 e. The Morgan fingerprint density at radius 3 is 2.33 bits per heavy atom. The van der Waals surface area contributed by atoms with Crippen molar-refractivity contribution < 1.29 is 14.6 Å². The van der Waals surface area contributed by atoms with Crippen LogP contribution in [0, 0.1) is 0 Å². The number of methoxy groups -OCH3 is 1. The van der Waals surface area contributed by atoms with E-state index in [1.54, 1.807) is 7.11 Å². The van der Waals surface area contributed by atoms with E-state index in [1.165, 1.54) is 0 Å². The molecule has 18 heavy (non-hydrogen) atoms. The van der Waals surface area contributed by atoms with Gasteiger partial charge in [0.15, 0.2) is 0 Å². The zero-order valence-electron chi connectivity index (χ0n) is 12.5. The molecule has 0 aliphatic heterocycles. The Morgan fingerprint density at radius 2 is 1.83 bits per heavy atom. The van der Waals surface area contributed by atoms with E-state index in [2.05, 4.69) is 26.1 Å². The SMILES string of the molecule is CCC(CO)(CCCOCCCOC)NC(C)C. The Kier molecular flexibility index (Phi) is 10.6. The highest BCUT2D eigenvalue weighted by Gasteiger charge is 2.26. The summed E-state index contributed by atoms with van der Waals surface area (Å²) in [6, 6.07) is 0.389. The summed E-state index contributed by atoms with van der Waals surface area (Å²) in [5.41, 5.74) is -0.149. The highest BCUT2D eigenvalue weighted by molar-refractivity contribution is 4.87. The zero-order valence-corrected chi connectivity index (χ0v) is 12.5. The molecule has 110 valence electrons. The van der Waals surface area contributed by atoms with Gasteiger partial charge in [-0.05, 0) is 25.7 Å². The van der Waals surface area contributed by atoms with Crippen molar-refractivity contribution in [3.05, 3.63) is 0 Å². The lowest BCUT2D eigenvalue weighted by Crippen LogP contribution is -2.51. The fourth-order valence-electron chi connectivity index (χ4n) is 2.12. The maximum atomic E-state index is 9.58. The van der Waals surface area contributed by atoms with Gasteiger partial charge in [0.2, 0.25) is 0 Å². The van der Waals surface area contributed by atoms with Gasteiger partial charge < -0.3 is 19.9 Å². The Morgan fingerprint density at radius 1 is 1.17 bits per heavy atom. The van der Waals surface area contributed by atoms with E-state index >= 15 is 0 Å². The van der Waals surface area contributed by atoms with Crippen LogP contribution < -0.4 is 5.32 Å². The second-order valence-electron chi connectivity index (χ2n) is 5.15. The van der Waals surface area contributed by atoms with Crippen LogP contribution in [-0.2, 0) is 9.47 Å². The molecule has 0 amide bonds. The average Bonchev–Trinajstić information content (AvgIpc) is 2.36. The third-order valence-corrected chi connectivity index (χ3v) is 3.16. The lowest BCUT2D eigenvalue weighted by atomic mass is 9.90. The van der Waals surface area contributed by atoms with Crippen LogP contribution in [0.5, 0.6) is 0 Å².